The van der Waals surface area contributed by atoms with E-state index in [1.54, 1.807) is 6.42 Å². The normalized spacial score (nSPS) is 39.5. The van der Waals surface area contributed by atoms with Gasteiger partial charge in [-0.3, -0.25) is 0 Å². The first-order valence-corrected chi connectivity index (χ1v) is 15.5. The average molecular weight is 495 g/mol. The lowest BCUT2D eigenvalue weighted by Gasteiger charge is -2.61. The maximum atomic E-state index is 6.05. The van der Waals surface area contributed by atoms with E-state index >= 15 is 0 Å². The molecule has 202 valence electrons. The molecule has 0 saturated heterocycles. The van der Waals surface area contributed by atoms with Gasteiger partial charge in [-0.2, -0.15) is 0 Å². The van der Waals surface area contributed by atoms with Crippen LogP contribution in [-0.4, -0.2) is 6.61 Å². The van der Waals surface area contributed by atoms with E-state index in [1.807, 2.05) is 18.2 Å². The van der Waals surface area contributed by atoms with E-state index in [-0.39, 0.29) is 0 Å². The zero-order valence-corrected chi connectivity index (χ0v) is 23.7. The summed E-state index contributed by atoms with van der Waals surface area (Å²) < 4.78 is 6.01. The molecule has 3 nitrogen and oxygen atoms in total. The predicted molar refractivity (Wildman–Crippen MR) is 153 cm³/mol. The number of rotatable bonds is 8. The summed E-state index contributed by atoms with van der Waals surface area (Å²) in [5.41, 5.74) is 14.6. The van der Waals surface area contributed by atoms with Crippen LogP contribution in [0, 0.1) is 52.3 Å². The van der Waals surface area contributed by atoms with Crippen LogP contribution in [0.2, 0.25) is 0 Å². The molecular formula is C33H54N2O. The molecule has 4 saturated carbocycles. The van der Waals surface area contributed by atoms with Gasteiger partial charge in [-0.1, -0.05) is 53.4 Å². The van der Waals surface area contributed by atoms with Crippen LogP contribution >= 0.6 is 0 Å². The second kappa shape index (κ2) is 10.4. The highest BCUT2D eigenvalue weighted by atomic mass is 16.5. The van der Waals surface area contributed by atoms with Crippen molar-refractivity contribution < 1.29 is 4.74 Å². The Balaban J connectivity index is 1.13. The van der Waals surface area contributed by atoms with Crippen LogP contribution in [-0.2, 0) is 0 Å². The maximum Gasteiger partial charge on any atom is 0.144 e. The second-order valence-corrected chi connectivity index (χ2v) is 14.3. The van der Waals surface area contributed by atoms with Crippen molar-refractivity contribution >= 4 is 11.4 Å². The Bertz CT molecular complexity index is 900. The molecule has 0 aliphatic heterocycles. The van der Waals surface area contributed by atoms with Gasteiger partial charge >= 0.3 is 0 Å². The molecule has 9 atom stereocenters. The van der Waals surface area contributed by atoms with Crippen molar-refractivity contribution in [1.29, 1.82) is 0 Å². The molecule has 4 fully saturated rings. The van der Waals surface area contributed by atoms with Gasteiger partial charge in [-0.15, -0.1) is 0 Å². The number of benzene rings is 1. The highest BCUT2D eigenvalue weighted by molar-refractivity contribution is 5.59. The molecule has 3 heteroatoms. The topological polar surface area (TPSA) is 61.3 Å². The van der Waals surface area contributed by atoms with Gasteiger partial charge in [0.15, 0.2) is 0 Å². The van der Waals surface area contributed by atoms with E-state index in [2.05, 4.69) is 27.7 Å². The van der Waals surface area contributed by atoms with E-state index in [0.29, 0.717) is 34.7 Å². The summed E-state index contributed by atoms with van der Waals surface area (Å²) in [6.07, 6.45) is 19.0. The summed E-state index contributed by atoms with van der Waals surface area (Å²) in [6.45, 7) is 11.1. The van der Waals surface area contributed by atoms with E-state index < -0.39 is 0 Å². The smallest absolute Gasteiger partial charge is 0.144 e. The fraction of sp³-hybridized carbons (Fsp3) is 0.818. The van der Waals surface area contributed by atoms with Gasteiger partial charge in [-0.05, 0) is 122 Å². The Morgan fingerprint density at radius 2 is 1.69 bits per heavy atom. The third-order valence-electron chi connectivity index (χ3n) is 12.3. The lowest BCUT2D eigenvalue weighted by molar-refractivity contribution is -0.114. The average Bonchev–Trinajstić information content (AvgIpc) is 3.21. The van der Waals surface area contributed by atoms with Crippen LogP contribution in [0.3, 0.4) is 0 Å². The molecule has 5 rings (SSSR count). The summed E-state index contributed by atoms with van der Waals surface area (Å²) in [5, 5.41) is 0. The predicted octanol–water partition coefficient (Wildman–Crippen LogP) is 8.72. The van der Waals surface area contributed by atoms with Crippen molar-refractivity contribution in [3.05, 3.63) is 18.2 Å². The minimum atomic E-state index is 0.534. The van der Waals surface area contributed by atoms with Gasteiger partial charge in [0, 0.05) is 11.8 Å². The molecule has 4 aliphatic carbocycles. The highest BCUT2D eigenvalue weighted by Crippen LogP contribution is 2.68. The summed E-state index contributed by atoms with van der Waals surface area (Å²) in [4.78, 5) is 0. The number of anilines is 2. The molecule has 4 aliphatic rings. The standard InChI is InChI=1S/C33H54N2O/c1-22(21-36-31-20-25(34)12-16-30(31)35)8-7-9-23(2)27-14-15-28-26-13-11-24-10-5-6-18-32(24,3)29(26)17-19-33(27,28)4/h12,16,20,22-24,26-29H,5-11,13-15,17-19,21,34-35H2,1-4H3/t22?,23-,24?,26+,27-,28+,29+,32+,33-/m1/s1. The fourth-order valence-corrected chi connectivity index (χ4v) is 10.3. The van der Waals surface area contributed by atoms with Crippen LogP contribution in [0.4, 0.5) is 11.4 Å². The molecular weight excluding hydrogens is 440 g/mol. The molecule has 1 aromatic carbocycles. The zero-order chi connectivity index (χ0) is 25.5. The zero-order valence-electron chi connectivity index (χ0n) is 23.7. The molecule has 1 aromatic rings. The summed E-state index contributed by atoms with van der Waals surface area (Å²) in [7, 11) is 0. The first kappa shape index (κ1) is 26.2. The van der Waals surface area contributed by atoms with Crippen LogP contribution in [0.1, 0.15) is 111 Å². The number of nitrogen functional groups attached to an aromatic ring is 2. The van der Waals surface area contributed by atoms with Gasteiger partial charge in [-0.25, -0.2) is 0 Å². The van der Waals surface area contributed by atoms with E-state index in [4.69, 9.17) is 16.2 Å². The monoisotopic (exact) mass is 494 g/mol. The van der Waals surface area contributed by atoms with Crippen LogP contribution in [0.5, 0.6) is 5.75 Å². The highest BCUT2D eigenvalue weighted by Gasteiger charge is 2.60. The van der Waals surface area contributed by atoms with Crippen molar-refractivity contribution in [1.82, 2.24) is 0 Å². The van der Waals surface area contributed by atoms with E-state index in [9.17, 15) is 0 Å². The van der Waals surface area contributed by atoms with Crippen LogP contribution in [0.15, 0.2) is 18.2 Å². The Kier molecular flexibility index (Phi) is 7.59. The lowest BCUT2D eigenvalue weighted by Crippen LogP contribution is -2.53. The van der Waals surface area contributed by atoms with Gasteiger partial charge < -0.3 is 16.2 Å². The Labute approximate surface area is 221 Å². The first-order valence-electron chi connectivity index (χ1n) is 15.5. The molecule has 0 radical (unpaired) electrons. The number of hydrogen-bond acceptors (Lipinski definition) is 3. The van der Waals surface area contributed by atoms with E-state index in [1.165, 1.54) is 77.0 Å². The molecule has 36 heavy (non-hydrogen) atoms. The van der Waals surface area contributed by atoms with Gasteiger partial charge in [0.2, 0.25) is 0 Å². The van der Waals surface area contributed by atoms with Crippen molar-refractivity contribution in [2.45, 2.75) is 111 Å². The molecule has 0 spiro atoms. The molecule has 0 amide bonds. The van der Waals surface area contributed by atoms with Gasteiger partial charge in [0.05, 0.1) is 12.3 Å². The summed E-state index contributed by atoms with van der Waals surface area (Å²) in [5.74, 6) is 7.12. The van der Waals surface area contributed by atoms with Gasteiger partial charge in [0.1, 0.15) is 5.75 Å². The third-order valence-corrected chi connectivity index (χ3v) is 12.3. The minimum absolute atomic E-state index is 0.534. The van der Waals surface area contributed by atoms with Crippen molar-refractivity contribution in [3.8, 4) is 5.75 Å². The maximum absolute atomic E-state index is 6.05. The van der Waals surface area contributed by atoms with Gasteiger partial charge in [0.25, 0.3) is 0 Å². The molecule has 2 unspecified atom stereocenters. The Morgan fingerprint density at radius 3 is 2.53 bits per heavy atom. The molecule has 0 bridgehead atoms. The first-order chi connectivity index (χ1) is 17.2. The van der Waals surface area contributed by atoms with Crippen molar-refractivity contribution in [2.24, 2.45) is 52.3 Å². The number of hydrogen-bond donors (Lipinski definition) is 2. The number of nitrogens with two attached hydrogens (primary N) is 2. The number of ether oxygens (including phenoxy) is 1. The minimum Gasteiger partial charge on any atom is -0.491 e. The Hall–Kier alpha value is -1.38. The molecule has 4 N–H and O–H groups in total. The SMILES string of the molecule is CC(CCC[C@@H](C)[C@H]1CC[C@H]2[C@@H]3CCC4CCCC[C@]4(C)[C@H]3CC[C@]12C)COc1cc(N)ccc1N. The van der Waals surface area contributed by atoms with Crippen molar-refractivity contribution in [3.63, 3.8) is 0 Å². The van der Waals surface area contributed by atoms with Crippen molar-refractivity contribution in [2.75, 3.05) is 18.1 Å². The van der Waals surface area contributed by atoms with Crippen LogP contribution < -0.4 is 16.2 Å². The second-order valence-electron chi connectivity index (χ2n) is 14.3. The molecule has 0 aromatic heterocycles. The summed E-state index contributed by atoms with van der Waals surface area (Å²) in [6, 6.07) is 5.51. The van der Waals surface area contributed by atoms with Crippen LogP contribution in [0.25, 0.3) is 0 Å². The fourth-order valence-electron chi connectivity index (χ4n) is 10.3. The number of fused-ring (bicyclic) bond motifs is 5. The quantitative estimate of drug-likeness (QED) is 0.355. The summed E-state index contributed by atoms with van der Waals surface area (Å²) >= 11 is 0. The third kappa shape index (κ3) is 4.78. The largest absolute Gasteiger partial charge is 0.491 e. The lowest BCUT2D eigenvalue weighted by atomic mass is 9.44. The molecule has 0 heterocycles. The van der Waals surface area contributed by atoms with E-state index in [0.717, 1.165) is 41.3 Å². The Morgan fingerprint density at radius 1 is 0.889 bits per heavy atom.